The molecule has 3 rings (SSSR count). The lowest BCUT2D eigenvalue weighted by Crippen LogP contribution is -2.43. The molecule has 6 nitrogen and oxygen atoms in total. The molecule has 1 aliphatic carbocycles. The van der Waals surface area contributed by atoms with E-state index < -0.39 is 6.10 Å². The number of amides is 2. The van der Waals surface area contributed by atoms with Crippen LogP contribution >= 0.6 is 0 Å². The molecule has 25 heavy (non-hydrogen) atoms. The molecule has 136 valence electrons. The highest BCUT2D eigenvalue weighted by atomic mass is 16.5. The molecule has 1 aromatic rings. The van der Waals surface area contributed by atoms with E-state index in [1.165, 1.54) is 25.7 Å². The normalized spacial score (nSPS) is 22.0. The summed E-state index contributed by atoms with van der Waals surface area (Å²) in [5.41, 5.74) is 1.41. The summed E-state index contributed by atoms with van der Waals surface area (Å²) in [7, 11) is 0. The smallest absolute Gasteiger partial charge is 0.265 e. The highest BCUT2D eigenvalue weighted by Crippen LogP contribution is 2.32. The van der Waals surface area contributed by atoms with Crippen LogP contribution in [0.15, 0.2) is 18.2 Å². The van der Waals surface area contributed by atoms with Gasteiger partial charge in [0, 0.05) is 11.7 Å². The number of fused-ring (bicyclic) bond motifs is 1. The molecule has 0 bridgehead atoms. The van der Waals surface area contributed by atoms with Gasteiger partial charge in [-0.3, -0.25) is 9.59 Å². The lowest BCUT2D eigenvalue weighted by atomic mass is 10.1. The van der Waals surface area contributed by atoms with Crippen molar-refractivity contribution < 1.29 is 14.3 Å². The van der Waals surface area contributed by atoms with E-state index >= 15 is 0 Å². The lowest BCUT2D eigenvalue weighted by Gasteiger charge is -2.25. The van der Waals surface area contributed by atoms with E-state index in [0.717, 1.165) is 18.5 Å². The monoisotopic (exact) mass is 345 g/mol. The molecule has 1 fully saturated rings. The maximum atomic E-state index is 12.4. The van der Waals surface area contributed by atoms with Gasteiger partial charge in [-0.1, -0.05) is 25.7 Å². The first-order valence-corrected chi connectivity index (χ1v) is 9.21. The summed E-state index contributed by atoms with van der Waals surface area (Å²) in [4.78, 5) is 24.2. The van der Waals surface area contributed by atoms with E-state index in [2.05, 4.69) is 16.0 Å². The SMILES string of the molecule is C[C@H](Nc1ccc2c(c1)NC(=O)[C@H](C)O2)C(=O)NC1CCCCCC1. The first kappa shape index (κ1) is 17.6. The van der Waals surface area contributed by atoms with Gasteiger partial charge < -0.3 is 20.7 Å². The van der Waals surface area contributed by atoms with Crippen LogP contribution < -0.4 is 20.7 Å². The predicted octanol–water partition coefficient (Wildman–Crippen LogP) is 3.05. The molecule has 0 unspecified atom stereocenters. The minimum atomic E-state index is -0.490. The summed E-state index contributed by atoms with van der Waals surface area (Å²) in [6.45, 7) is 3.56. The van der Waals surface area contributed by atoms with Crippen LogP contribution in [0, 0.1) is 0 Å². The second kappa shape index (κ2) is 7.76. The van der Waals surface area contributed by atoms with Gasteiger partial charge in [-0.2, -0.15) is 0 Å². The molecule has 0 spiro atoms. The van der Waals surface area contributed by atoms with Crippen molar-refractivity contribution in [3.05, 3.63) is 18.2 Å². The Bertz CT molecular complexity index is 639. The van der Waals surface area contributed by atoms with E-state index in [4.69, 9.17) is 4.74 Å². The van der Waals surface area contributed by atoms with Crippen molar-refractivity contribution in [2.45, 2.75) is 70.6 Å². The van der Waals surface area contributed by atoms with Crippen molar-refractivity contribution >= 4 is 23.2 Å². The zero-order valence-electron chi connectivity index (χ0n) is 14.9. The summed E-state index contributed by atoms with van der Waals surface area (Å²) in [5, 5.41) is 9.18. The fraction of sp³-hybridized carbons (Fsp3) is 0.579. The molecular weight excluding hydrogens is 318 g/mol. The first-order valence-electron chi connectivity index (χ1n) is 9.21. The fourth-order valence-electron chi connectivity index (χ4n) is 3.36. The van der Waals surface area contributed by atoms with Crippen molar-refractivity contribution in [3.63, 3.8) is 0 Å². The van der Waals surface area contributed by atoms with Crippen LogP contribution in [0.5, 0.6) is 5.75 Å². The third kappa shape index (κ3) is 4.44. The molecular formula is C19H27N3O3. The second-order valence-corrected chi connectivity index (χ2v) is 7.02. The van der Waals surface area contributed by atoms with E-state index in [1.807, 2.05) is 19.1 Å². The Kier molecular flexibility index (Phi) is 5.46. The van der Waals surface area contributed by atoms with Crippen molar-refractivity contribution in [2.24, 2.45) is 0 Å². The van der Waals surface area contributed by atoms with E-state index in [9.17, 15) is 9.59 Å². The van der Waals surface area contributed by atoms with Crippen molar-refractivity contribution in [3.8, 4) is 5.75 Å². The number of ether oxygens (including phenoxy) is 1. The molecule has 0 saturated heterocycles. The molecule has 1 heterocycles. The number of nitrogens with one attached hydrogen (secondary N) is 3. The van der Waals surface area contributed by atoms with Crippen molar-refractivity contribution in [1.29, 1.82) is 0 Å². The van der Waals surface area contributed by atoms with Crippen LogP contribution in [0.25, 0.3) is 0 Å². The van der Waals surface area contributed by atoms with Crippen LogP contribution in [-0.4, -0.2) is 30.0 Å². The van der Waals surface area contributed by atoms with Crippen molar-refractivity contribution in [1.82, 2.24) is 5.32 Å². The van der Waals surface area contributed by atoms with Gasteiger partial charge >= 0.3 is 0 Å². The standard InChI is InChI=1S/C19H27N3O3/c1-12(18(23)21-14-7-5-3-4-6-8-14)20-15-9-10-17-16(11-15)22-19(24)13(2)25-17/h9-14,20H,3-8H2,1-2H3,(H,21,23)(H,22,24)/t12-,13-/m0/s1. The third-order valence-electron chi connectivity index (χ3n) is 4.89. The van der Waals surface area contributed by atoms with Gasteiger partial charge in [0.2, 0.25) is 5.91 Å². The zero-order chi connectivity index (χ0) is 17.8. The van der Waals surface area contributed by atoms with Crippen LogP contribution in [0.1, 0.15) is 52.4 Å². The summed E-state index contributed by atoms with van der Waals surface area (Å²) >= 11 is 0. The predicted molar refractivity (Wildman–Crippen MR) is 97.9 cm³/mol. The van der Waals surface area contributed by atoms with Crippen molar-refractivity contribution in [2.75, 3.05) is 10.6 Å². The summed E-state index contributed by atoms with van der Waals surface area (Å²) < 4.78 is 5.54. The van der Waals surface area contributed by atoms with Crippen LogP contribution in [0.3, 0.4) is 0 Å². The highest BCUT2D eigenvalue weighted by molar-refractivity contribution is 5.98. The Morgan fingerprint density at radius 2 is 1.96 bits per heavy atom. The van der Waals surface area contributed by atoms with Crippen LogP contribution in [0.2, 0.25) is 0 Å². The topological polar surface area (TPSA) is 79.5 Å². The molecule has 1 aromatic carbocycles. The lowest BCUT2D eigenvalue weighted by molar-refractivity contribution is -0.123. The second-order valence-electron chi connectivity index (χ2n) is 7.02. The number of hydrogen-bond donors (Lipinski definition) is 3. The molecule has 3 N–H and O–H groups in total. The zero-order valence-corrected chi connectivity index (χ0v) is 14.9. The number of rotatable bonds is 4. The van der Waals surface area contributed by atoms with Gasteiger partial charge in [-0.15, -0.1) is 0 Å². The summed E-state index contributed by atoms with van der Waals surface area (Å²) in [6.07, 6.45) is 6.56. The largest absolute Gasteiger partial charge is 0.479 e. The summed E-state index contributed by atoms with van der Waals surface area (Å²) in [6, 6.07) is 5.41. The molecule has 6 heteroatoms. The third-order valence-corrected chi connectivity index (χ3v) is 4.89. The quantitative estimate of drug-likeness (QED) is 0.733. The van der Waals surface area contributed by atoms with Gasteiger partial charge in [0.05, 0.1) is 5.69 Å². The Labute approximate surface area is 148 Å². The number of carbonyl (C=O) groups excluding carboxylic acids is 2. The molecule has 0 radical (unpaired) electrons. The Morgan fingerprint density at radius 3 is 2.68 bits per heavy atom. The number of anilines is 2. The minimum Gasteiger partial charge on any atom is -0.479 e. The maximum Gasteiger partial charge on any atom is 0.265 e. The average molecular weight is 345 g/mol. The average Bonchev–Trinajstić information content (AvgIpc) is 2.85. The van der Waals surface area contributed by atoms with Gasteiger partial charge in [-0.05, 0) is 44.9 Å². The van der Waals surface area contributed by atoms with Crippen LogP contribution in [-0.2, 0) is 9.59 Å². The van der Waals surface area contributed by atoms with E-state index in [1.54, 1.807) is 13.0 Å². The van der Waals surface area contributed by atoms with E-state index in [0.29, 0.717) is 11.4 Å². The molecule has 1 saturated carbocycles. The first-order chi connectivity index (χ1) is 12.0. The number of carbonyl (C=O) groups is 2. The minimum absolute atomic E-state index is 0.0125. The van der Waals surface area contributed by atoms with Gasteiger partial charge in [0.25, 0.3) is 5.91 Å². The summed E-state index contributed by atoms with van der Waals surface area (Å²) in [5.74, 6) is 0.496. The molecule has 2 atom stereocenters. The Balaban J connectivity index is 1.59. The van der Waals surface area contributed by atoms with Crippen LogP contribution in [0.4, 0.5) is 11.4 Å². The van der Waals surface area contributed by atoms with Gasteiger partial charge in [0.1, 0.15) is 11.8 Å². The number of benzene rings is 1. The number of hydrogen-bond acceptors (Lipinski definition) is 4. The Morgan fingerprint density at radius 1 is 1.24 bits per heavy atom. The molecule has 0 aromatic heterocycles. The Hall–Kier alpha value is -2.24. The molecule has 2 amide bonds. The fourth-order valence-corrected chi connectivity index (χ4v) is 3.36. The maximum absolute atomic E-state index is 12.4. The van der Waals surface area contributed by atoms with E-state index in [-0.39, 0.29) is 23.9 Å². The van der Waals surface area contributed by atoms with Gasteiger partial charge in [0.15, 0.2) is 6.10 Å². The molecule has 1 aliphatic heterocycles. The highest BCUT2D eigenvalue weighted by Gasteiger charge is 2.24. The molecule has 2 aliphatic rings. The van der Waals surface area contributed by atoms with Gasteiger partial charge in [-0.25, -0.2) is 0 Å².